The summed E-state index contributed by atoms with van der Waals surface area (Å²) in [6, 6.07) is 7.66. The number of rotatable bonds is 6. The third-order valence-electron chi connectivity index (χ3n) is 3.97. The third kappa shape index (κ3) is 3.65. The van der Waals surface area contributed by atoms with E-state index in [4.69, 9.17) is 9.47 Å². The van der Waals surface area contributed by atoms with E-state index < -0.39 is 16.7 Å². The summed E-state index contributed by atoms with van der Waals surface area (Å²) in [5.41, 5.74) is 1.13. The van der Waals surface area contributed by atoms with E-state index >= 15 is 0 Å². The van der Waals surface area contributed by atoms with Gasteiger partial charge in [-0.1, -0.05) is 23.8 Å². The Bertz CT molecular complexity index is 577. The fraction of sp³-hybridized carbons (Fsp3) is 0.471. The smallest absolute Gasteiger partial charge is 0.311 e. The van der Waals surface area contributed by atoms with Gasteiger partial charge in [-0.2, -0.15) is 0 Å². The maximum atomic E-state index is 12.8. The van der Waals surface area contributed by atoms with Crippen molar-refractivity contribution in [2.45, 2.75) is 24.7 Å². The van der Waals surface area contributed by atoms with E-state index in [0.717, 1.165) is 28.2 Å². The maximum absolute atomic E-state index is 12.8. The van der Waals surface area contributed by atoms with Gasteiger partial charge in [0.2, 0.25) is 0 Å². The van der Waals surface area contributed by atoms with Crippen LogP contribution in [0.4, 0.5) is 0 Å². The summed E-state index contributed by atoms with van der Waals surface area (Å²) >= 11 is 0. The first-order chi connectivity index (χ1) is 10.6. The van der Waals surface area contributed by atoms with Crippen LogP contribution < -0.4 is 0 Å². The molecule has 1 aromatic carbocycles. The van der Waals surface area contributed by atoms with Crippen molar-refractivity contribution in [2.24, 2.45) is 11.8 Å². The van der Waals surface area contributed by atoms with Gasteiger partial charge in [0.05, 0.1) is 30.4 Å². The molecule has 0 N–H and O–H groups in total. The van der Waals surface area contributed by atoms with Crippen LogP contribution in [-0.2, 0) is 25.1 Å². The molecule has 4 nitrogen and oxygen atoms in total. The molecule has 22 heavy (non-hydrogen) atoms. The van der Waals surface area contributed by atoms with Crippen LogP contribution in [0.25, 0.3) is 0 Å². The van der Waals surface area contributed by atoms with Gasteiger partial charge in [0.25, 0.3) is 0 Å². The molecule has 0 fully saturated rings. The maximum Gasteiger partial charge on any atom is 0.311 e. The summed E-state index contributed by atoms with van der Waals surface area (Å²) in [6.45, 7) is 2.27. The Hall–Kier alpha value is -1.46. The molecule has 0 saturated heterocycles. The quantitative estimate of drug-likeness (QED) is 0.756. The minimum atomic E-state index is -1.24. The summed E-state index contributed by atoms with van der Waals surface area (Å²) in [7, 11) is 1.69. The van der Waals surface area contributed by atoms with Crippen LogP contribution in [0.1, 0.15) is 18.4 Å². The number of aryl methyl sites for hydroxylation is 1. The largest absolute Gasteiger partial charge is 0.469 e. The molecule has 5 heteroatoms. The van der Waals surface area contributed by atoms with Gasteiger partial charge >= 0.3 is 5.97 Å². The zero-order valence-electron chi connectivity index (χ0n) is 13.2. The summed E-state index contributed by atoms with van der Waals surface area (Å²) in [5, 5.41) is 0. The lowest BCUT2D eigenvalue weighted by atomic mass is 9.92. The molecule has 120 valence electrons. The molecule has 0 heterocycles. The first kappa shape index (κ1) is 16.9. The number of carbonyl (C=O) groups is 1. The topological polar surface area (TPSA) is 52.6 Å². The van der Waals surface area contributed by atoms with Gasteiger partial charge in [0.15, 0.2) is 0 Å². The van der Waals surface area contributed by atoms with E-state index in [0.29, 0.717) is 0 Å². The highest BCUT2D eigenvalue weighted by molar-refractivity contribution is 7.89. The number of carbonyl (C=O) groups excluding carboxylic acids is 1. The Labute approximate surface area is 134 Å². The average Bonchev–Trinajstić information content (AvgIpc) is 3.01. The minimum Gasteiger partial charge on any atom is -0.469 e. The van der Waals surface area contributed by atoms with E-state index in [-0.39, 0.29) is 18.5 Å². The molecule has 0 spiro atoms. The van der Waals surface area contributed by atoms with Crippen LogP contribution in [0.2, 0.25) is 0 Å². The molecule has 0 aliphatic heterocycles. The predicted octanol–water partition coefficient (Wildman–Crippen LogP) is 2.83. The van der Waals surface area contributed by atoms with E-state index in [1.165, 1.54) is 7.11 Å². The monoisotopic (exact) mass is 322 g/mol. The second-order valence-corrected chi connectivity index (χ2v) is 6.94. The van der Waals surface area contributed by atoms with Crippen molar-refractivity contribution in [3.05, 3.63) is 40.8 Å². The van der Waals surface area contributed by atoms with Gasteiger partial charge in [0.1, 0.15) is 0 Å². The van der Waals surface area contributed by atoms with Crippen LogP contribution in [-0.4, -0.2) is 31.0 Å². The molecule has 2 rings (SSSR count). The molecule has 0 radical (unpaired) electrons. The normalized spacial score (nSPS) is 20.3. The van der Waals surface area contributed by atoms with Gasteiger partial charge in [-0.15, -0.1) is 0 Å². The number of methoxy groups -OCH3 is 2. The Morgan fingerprint density at radius 3 is 2.59 bits per heavy atom. The Kier molecular flexibility index (Phi) is 5.91. The molecule has 1 aliphatic carbocycles. The van der Waals surface area contributed by atoms with Crippen molar-refractivity contribution < 1.29 is 18.5 Å². The molecule has 0 unspecified atom stereocenters. The van der Waals surface area contributed by atoms with Crippen molar-refractivity contribution in [1.82, 2.24) is 0 Å². The summed E-state index contributed by atoms with van der Waals surface area (Å²) in [6.07, 6.45) is 3.62. The zero-order chi connectivity index (χ0) is 16.1. The number of ether oxygens (including phenoxy) is 2. The van der Waals surface area contributed by atoms with Gasteiger partial charge in [-0.3, -0.25) is 4.79 Å². The van der Waals surface area contributed by atoms with Crippen molar-refractivity contribution in [3.8, 4) is 0 Å². The van der Waals surface area contributed by atoms with Crippen LogP contribution in [0.3, 0.4) is 0 Å². The number of allylic oxidation sites excluding steroid dienone is 2. The second kappa shape index (κ2) is 7.70. The Morgan fingerprint density at radius 2 is 2.00 bits per heavy atom. The summed E-state index contributed by atoms with van der Waals surface area (Å²) < 4.78 is 22.9. The molecular weight excluding hydrogens is 300 g/mol. The fourth-order valence-corrected chi connectivity index (χ4v) is 4.27. The van der Waals surface area contributed by atoms with E-state index in [1.54, 1.807) is 7.11 Å². The molecule has 0 aromatic heterocycles. The number of benzene rings is 1. The molecule has 3 atom stereocenters. The van der Waals surface area contributed by atoms with E-state index in [9.17, 15) is 9.00 Å². The zero-order valence-corrected chi connectivity index (χ0v) is 14.0. The average molecular weight is 322 g/mol. The second-order valence-electron chi connectivity index (χ2n) is 5.46. The minimum absolute atomic E-state index is 0.0884. The van der Waals surface area contributed by atoms with Crippen LogP contribution >= 0.6 is 0 Å². The van der Waals surface area contributed by atoms with Gasteiger partial charge < -0.3 is 9.47 Å². The number of hydrogen-bond acceptors (Lipinski definition) is 4. The van der Waals surface area contributed by atoms with Crippen molar-refractivity contribution in [1.29, 1.82) is 0 Å². The number of esters is 1. The van der Waals surface area contributed by atoms with Gasteiger partial charge in [0, 0.05) is 22.8 Å². The standard InChI is InChI=1S/C17H22O4S/c1-12-7-9-13(10-8-12)22(19)16-6-4-5-14(16)15(11-20-2)17(18)21-3/h6-10,14-15H,4-5,11H2,1-3H3/t14-,15-,22+/m1/s1. The highest BCUT2D eigenvalue weighted by Gasteiger charge is 2.36. The lowest BCUT2D eigenvalue weighted by Crippen LogP contribution is -2.30. The van der Waals surface area contributed by atoms with Crippen molar-refractivity contribution in [2.75, 3.05) is 20.8 Å². The molecule has 1 aliphatic rings. The lowest BCUT2D eigenvalue weighted by Gasteiger charge is -2.23. The highest BCUT2D eigenvalue weighted by Crippen LogP contribution is 2.37. The number of hydrogen-bond donors (Lipinski definition) is 0. The van der Waals surface area contributed by atoms with E-state index in [2.05, 4.69) is 0 Å². The SMILES string of the molecule is COC[C@@H](C(=O)OC)[C@H]1CCC=C1[S@@](=O)c1ccc(C)cc1. The fourth-order valence-electron chi connectivity index (χ4n) is 2.79. The first-order valence-corrected chi connectivity index (χ1v) is 8.48. The first-order valence-electron chi connectivity index (χ1n) is 7.33. The van der Waals surface area contributed by atoms with Gasteiger partial charge in [-0.05, 0) is 31.9 Å². The van der Waals surface area contributed by atoms with Crippen molar-refractivity contribution in [3.63, 3.8) is 0 Å². The Balaban J connectivity index is 2.23. The summed E-state index contributed by atoms with van der Waals surface area (Å²) in [5.74, 6) is -0.798. The summed E-state index contributed by atoms with van der Waals surface area (Å²) in [4.78, 5) is 13.6. The molecule has 0 bridgehead atoms. The van der Waals surface area contributed by atoms with Crippen molar-refractivity contribution >= 4 is 16.8 Å². The molecule has 0 saturated carbocycles. The Morgan fingerprint density at radius 1 is 1.32 bits per heavy atom. The molecule has 1 aromatic rings. The lowest BCUT2D eigenvalue weighted by molar-refractivity contribution is -0.148. The van der Waals surface area contributed by atoms with E-state index in [1.807, 2.05) is 37.3 Å². The van der Waals surface area contributed by atoms with Crippen LogP contribution in [0.15, 0.2) is 40.1 Å². The predicted molar refractivity (Wildman–Crippen MR) is 85.8 cm³/mol. The van der Waals surface area contributed by atoms with Crippen LogP contribution in [0, 0.1) is 18.8 Å². The third-order valence-corrected chi connectivity index (χ3v) is 5.57. The molecule has 0 amide bonds. The molecular formula is C17H22O4S. The van der Waals surface area contributed by atoms with Crippen LogP contribution in [0.5, 0.6) is 0 Å². The van der Waals surface area contributed by atoms with Gasteiger partial charge in [-0.25, -0.2) is 4.21 Å². The highest BCUT2D eigenvalue weighted by atomic mass is 32.2.